The fourth-order valence-corrected chi connectivity index (χ4v) is 4.16. The van der Waals surface area contributed by atoms with Crippen molar-refractivity contribution in [2.45, 2.75) is 30.5 Å². The van der Waals surface area contributed by atoms with Crippen LogP contribution in [-0.4, -0.2) is 81.3 Å². The number of amides is 1. The molecule has 1 unspecified atom stereocenters. The molecule has 2 rings (SSSR count). The third-order valence-corrected chi connectivity index (χ3v) is 5.91. The summed E-state index contributed by atoms with van der Waals surface area (Å²) in [6.07, 6.45) is 1.02. The minimum atomic E-state index is -1.70. The Labute approximate surface area is 167 Å². The second-order valence-corrected chi connectivity index (χ2v) is 7.97. The molecule has 1 aliphatic heterocycles. The zero-order chi connectivity index (χ0) is 20.8. The monoisotopic (exact) mass is 412 g/mol. The van der Waals surface area contributed by atoms with Crippen LogP contribution in [0, 0.1) is 0 Å². The molecule has 1 aliphatic rings. The normalized spacial score (nSPS) is 17.4. The molecule has 28 heavy (non-hydrogen) atoms. The van der Waals surface area contributed by atoms with E-state index in [0.29, 0.717) is 18.8 Å². The Bertz CT molecular complexity index is 719. The van der Waals surface area contributed by atoms with Gasteiger partial charge in [-0.2, -0.15) is 11.8 Å². The molecule has 1 saturated heterocycles. The van der Waals surface area contributed by atoms with Gasteiger partial charge in [0.25, 0.3) is 0 Å². The smallest absolute Gasteiger partial charge is 0.465 e. The van der Waals surface area contributed by atoms with Gasteiger partial charge < -0.3 is 35.6 Å². The van der Waals surface area contributed by atoms with E-state index in [1.54, 1.807) is 4.90 Å². The average Bonchev–Trinajstić information content (AvgIpc) is 3.07. The van der Waals surface area contributed by atoms with E-state index in [2.05, 4.69) is 0 Å². The standard InChI is InChI=1S/C17H25BN2O7S/c1-27-12-3-2-10(16(22)15(12)17(23)24)8-13(18(25)26)28-7-5-14(21)20-6-4-11(19)9-20/h2-3,11,13,22,25-26H,4-9,19H2,1H3,(H,23,24)/t11?,13-/m0/s1. The molecule has 0 aliphatic carbocycles. The van der Waals surface area contributed by atoms with Crippen LogP contribution in [0.2, 0.25) is 0 Å². The number of hydrogen-bond acceptors (Lipinski definition) is 8. The van der Waals surface area contributed by atoms with Crippen molar-refractivity contribution >= 4 is 30.8 Å². The predicted molar refractivity (Wildman–Crippen MR) is 106 cm³/mol. The summed E-state index contributed by atoms with van der Waals surface area (Å²) in [6.45, 7) is 1.17. The number of ether oxygens (including phenoxy) is 1. The molecule has 11 heteroatoms. The second kappa shape index (κ2) is 10.0. The Hall–Kier alpha value is -1.95. The van der Waals surface area contributed by atoms with E-state index in [4.69, 9.17) is 10.5 Å². The number of likely N-dealkylation sites (tertiary alicyclic amines) is 1. The number of phenols is 1. The van der Waals surface area contributed by atoms with Crippen LogP contribution in [0.25, 0.3) is 0 Å². The summed E-state index contributed by atoms with van der Waals surface area (Å²) in [6, 6.07) is 2.89. The second-order valence-electron chi connectivity index (χ2n) is 6.62. The maximum atomic E-state index is 12.2. The first-order valence-corrected chi connectivity index (χ1v) is 9.92. The van der Waals surface area contributed by atoms with Crippen LogP contribution in [-0.2, 0) is 11.2 Å². The van der Waals surface area contributed by atoms with Gasteiger partial charge in [0.1, 0.15) is 17.1 Å². The zero-order valence-electron chi connectivity index (χ0n) is 15.6. The van der Waals surface area contributed by atoms with E-state index < -0.39 is 24.0 Å². The number of aromatic carboxylic acids is 1. The number of benzene rings is 1. The number of carbonyl (C=O) groups is 2. The van der Waals surface area contributed by atoms with E-state index in [1.165, 1.54) is 31.0 Å². The highest BCUT2D eigenvalue weighted by atomic mass is 32.2. The summed E-state index contributed by atoms with van der Waals surface area (Å²) >= 11 is 1.18. The molecule has 1 aromatic carbocycles. The molecule has 0 aromatic heterocycles. The first-order chi connectivity index (χ1) is 13.2. The topological polar surface area (TPSA) is 154 Å². The number of methoxy groups -OCH3 is 1. The summed E-state index contributed by atoms with van der Waals surface area (Å²) in [5, 5.41) is 38.1. The highest BCUT2D eigenvalue weighted by Crippen LogP contribution is 2.33. The summed E-state index contributed by atoms with van der Waals surface area (Å²) in [7, 11) is -0.406. The van der Waals surface area contributed by atoms with E-state index in [-0.39, 0.29) is 41.7 Å². The highest BCUT2D eigenvalue weighted by Gasteiger charge is 2.29. The van der Waals surface area contributed by atoms with Crippen LogP contribution in [0.3, 0.4) is 0 Å². The van der Waals surface area contributed by atoms with Gasteiger partial charge in [0.05, 0.1) is 7.11 Å². The van der Waals surface area contributed by atoms with Crippen molar-refractivity contribution in [3.8, 4) is 11.5 Å². The molecule has 1 amide bonds. The van der Waals surface area contributed by atoms with Gasteiger partial charge in [-0.25, -0.2) is 4.79 Å². The molecule has 0 radical (unpaired) electrons. The molecule has 1 aromatic rings. The fourth-order valence-electron chi connectivity index (χ4n) is 3.09. The lowest BCUT2D eigenvalue weighted by Gasteiger charge is -2.19. The minimum Gasteiger partial charge on any atom is -0.507 e. The van der Waals surface area contributed by atoms with Crippen molar-refractivity contribution in [2.24, 2.45) is 5.73 Å². The van der Waals surface area contributed by atoms with E-state index in [9.17, 15) is 29.9 Å². The lowest BCUT2D eigenvalue weighted by molar-refractivity contribution is -0.129. The number of carbonyl (C=O) groups excluding carboxylic acids is 1. The van der Waals surface area contributed by atoms with Crippen LogP contribution in [0.4, 0.5) is 0 Å². The van der Waals surface area contributed by atoms with Gasteiger partial charge in [-0.3, -0.25) is 4.79 Å². The molecule has 0 spiro atoms. The highest BCUT2D eigenvalue weighted by molar-refractivity contribution is 8.01. The van der Waals surface area contributed by atoms with Crippen LogP contribution < -0.4 is 10.5 Å². The van der Waals surface area contributed by atoms with E-state index in [0.717, 1.165) is 6.42 Å². The molecular formula is C17H25BN2O7S. The lowest BCUT2D eigenvalue weighted by atomic mass is 9.81. The first kappa shape index (κ1) is 22.3. The first-order valence-electron chi connectivity index (χ1n) is 8.87. The summed E-state index contributed by atoms with van der Waals surface area (Å²) in [5.74, 6) is -1.49. The largest absolute Gasteiger partial charge is 0.507 e. The number of nitrogens with zero attached hydrogens (tertiary/aromatic N) is 1. The Morgan fingerprint density at radius 3 is 2.68 bits per heavy atom. The number of hydrogen-bond donors (Lipinski definition) is 5. The van der Waals surface area contributed by atoms with Gasteiger partial charge in [-0.15, -0.1) is 0 Å². The van der Waals surface area contributed by atoms with Crippen molar-refractivity contribution in [3.05, 3.63) is 23.3 Å². The van der Waals surface area contributed by atoms with Gasteiger partial charge in [0, 0.05) is 36.5 Å². The van der Waals surface area contributed by atoms with Crippen LogP contribution in [0.15, 0.2) is 12.1 Å². The van der Waals surface area contributed by atoms with Crippen molar-refractivity contribution in [1.29, 1.82) is 0 Å². The number of nitrogens with two attached hydrogens (primary N) is 1. The molecule has 1 fully saturated rings. The maximum Gasteiger partial charge on any atom is 0.465 e. The molecule has 1 heterocycles. The molecule has 0 saturated carbocycles. The number of thioether (sulfide) groups is 1. The summed E-state index contributed by atoms with van der Waals surface area (Å²) < 4.78 is 4.95. The number of carboxylic acids is 1. The molecule has 6 N–H and O–H groups in total. The molecule has 154 valence electrons. The van der Waals surface area contributed by atoms with Gasteiger partial charge in [0.15, 0.2) is 0 Å². The van der Waals surface area contributed by atoms with E-state index >= 15 is 0 Å². The van der Waals surface area contributed by atoms with Crippen molar-refractivity contribution in [2.75, 3.05) is 26.0 Å². The van der Waals surface area contributed by atoms with Crippen LogP contribution >= 0.6 is 11.8 Å². The summed E-state index contributed by atoms with van der Waals surface area (Å²) in [4.78, 5) is 25.2. The van der Waals surface area contributed by atoms with Crippen molar-refractivity contribution in [3.63, 3.8) is 0 Å². The third-order valence-electron chi connectivity index (χ3n) is 4.64. The fraction of sp³-hybridized carbons (Fsp3) is 0.529. The van der Waals surface area contributed by atoms with Gasteiger partial charge in [-0.05, 0) is 24.5 Å². The Morgan fingerprint density at radius 1 is 1.43 bits per heavy atom. The van der Waals surface area contributed by atoms with Gasteiger partial charge >= 0.3 is 13.1 Å². The molecule has 2 atom stereocenters. The molecule has 0 bridgehead atoms. The molecular weight excluding hydrogens is 387 g/mol. The number of carboxylic acid groups (broad SMARTS) is 1. The molecule has 9 nitrogen and oxygen atoms in total. The minimum absolute atomic E-state index is 0.00472. The lowest BCUT2D eigenvalue weighted by Crippen LogP contribution is -2.33. The van der Waals surface area contributed by atoms with Gasteiger partial charge in [-0.1, -0.05) is 6.07 Å². The number of aromatic hydroxyl groups is 1. The van der Waals surface area contributed by atoms with E-state index in [1.807, 2.05) is 0 Å². The van der Waals surface area contributed by atoms with Crippen LogP contribution in [0.1, 0.15) is 28.8 Å². The predicted octanol–water partition coefficient (Wildman–Crippen LogP) is -0.295. The zero-order valence-corrected chi connectivity index (χ0v) is 16.4. The van der Waals surface area contributed by atoms with Crippen molar-refractivity contribution < 1.29 is 34.6 Å². The Balaban J connectivity index is 2.00. The van der Waals surface area contributed by atoms with Gasteiger partial charge in [0.2, 0.25) is 5.91 Å². The maximum absolute atomic E-state index is 12.2. The Kier molecular flexibility index (Phi) is 7.99. The third kappa shape index (κ3) is 5.54. The SMILES string of the molecule is COc1ccc(C[C@H](SCCC(=O)N2CCC(N)C2)B(O)O)c(O)c1C(=O)O. The van der Waals surface area contributed by atoms with Crippen molar-refractivity contribution in [1.82, 2.24) is 4.90 Å². The van der Waals surface area contributed by atoms with Crippen LogP contribution in [0.5, 0.6) is 11.5 Å². The average molecular weight is 412 g/mol. The number of rotatable bonds is 9. The summed E-state index contributed by atoms with van der Waals surface area (Å²) in [5.41, 5.74) is 5.67. The quantitative estimate of drug-likeness (QED) is 0.344. The Morgan fingerprint density at radius 2 is 2.14 bits per heavy atom.